The molecule has 10 heteroatoms. The van der Waals surface area contributed by atoms with Gasteiger partial charge in [0.05, 0.1) is 12.2 Å². The van der Waals surface area contributed by atoms with Gasteiger partial charge in [0.15, 0.2) is 0 Å². The molecule has 9 nitrogen and oxygen atoms in total. The summed E-state index contributed by atoms with van der Waals surface area (Å²) >= 11 is 6.25. The van der Waals surface area contributed by atoms with Crippen LogP contribution in [0.25, 0.3) is 0 Å². The first kappa shape index (κ1) is 27.4. The zero-order valence-electron chi connectivity index (χ0n) is 21.4. The van der Waals surface area contributed by atoms with Gasteiger partial charge in [-0.1, -0.05) is 29.8 Å². The number of amides is 2. The Morgan fingerprint density at radius 3 is 2.53 bits per heavy atom. The van der Waals surface area contributed by atoms with E-state index in [2.05, 4.69) is 25.4 Å². The van der Waals surface area contributed by atoms with Crippen LogP contribution in [-0.2, 0) is 22.6 Å². The van der Waals surface area contributed by atoms with Crippen LogP contribution in [0.2, 0.25) is 5.02 Å². The molecule has 0 radical (unpaired) electrons. The lowest BCUT2D eigenvalue weighted by atomic mass is 10.1. The van der Waals surface area contributed by atoms with Crippen LogP contribution in [0.15, 0.2) is 67.0 Å². The number of anilines is 2. The molecule has 0 atom stereocenters. The molecular formula is C28H32ClN5O4. The third-order valence-corrected chi connectivity index (χ3v) is 6.50. The largest absolute Gasteiger partial charge is 0.445 e. The van der Waals surface area contributed by atoms with Crippen molar-refractivity contribution in [1.82, 2.24) is 15.2 Å². The number of halogens is 1. The average molecular weight is 538 g/mol. The van der Waals surface area contributed by atoms with E-state index in [-0.39, 0.29) is 12.5 Å². The zero-order valence-corrected chi connectivity index (χ0v) is 22.1. The second-order valence-electron chi connectivity index (χ2n) is 8.92. The summed E-state index contributed by atoms with van der Waals surface area (Å²) in [7, 11) is 1.71. The molecule has 1 saturated heterocycles. The molecule has 0 aliphatic carbocycles. The van der Waals surface area contributed by atoms with Crippen molar-refractivity contribution in [3.63, 3.8) is 0 Å². The summed E-state index contributed by atoms with van der Waals surface area (Å²) in [5, 5.41) is 6.19. The number of rotatable bonds is 10. The fraction of sp³-hybridized carbons (Fsp3) is 0.321. The summed E-state index contributed by atoms with van der Waals surface area (Å²) in [5.41, 5.74) is 3.73. The van der Waals surface area contributed by atoms with Crippen molar-refractivity contribution in [2.75, 3.05) is 56.7 Å². The van der Waals surface area contributed by atoms with Crippen molar-refractivity contribution >= 4 is 35.0 Å². The van der Waals surface area contributed by atoms with E-state index in [1.807, 2.05) is 30.3 Å². The summed E-state index contributed by atoms with van der Waals surface area (Å²) in [4.78, 5) is 33.8. The predicted octanol–water partition coefficient (Wildman–Crippen LogP) is 4.18. The van der Waals surface area contributed by atoms with Gasteiger partial charge >= 0.3 is 6.09 Å². The second kappa shape index (κ2) is 13.8. The Bertz CT molecular complexity index is 1200. The first-order chi connectivity index (χ1) is 18.5. The van der Waals surface area contributed by atoms with Crippen LogP contribution in [0.5, 0.6) is 0 Å². The number of hydrogen-bond donors (Lipinski definition) is 2. The predicted molar refractivity (Wildman–Crippen MR) is 148 cm³/mol. The Morgan fingerprint density at radius 2 is 1.82 bits per heavy atom. The van der Waals surface area contributed by atoms with E-state index >= 15 is 0 Å². The molecule has 38 heavy (non-hydrogen) atoms. The number of hydrogen-bond acceptors (Lipinski definition) is 7. The van der Waals surface area contributed by atoms with Crippen LogP contribution in [0.4, 0.5) is 16.2 Å². The third-order valence-electron chi connectivity index (χ3n) is 6.27. The van der Waals surface area contributed by atoms with Gasteiger partial charge in [-0.05, 0) is 42.0 Å². The monoisotopic (exact) mass is 537 g/mol. The Balaban J connectivity index is 1.30. The van der Waals surface area contributed by atoms with Crippen molar-refractivity contribution in [3.8, 4) is 0 Å². The summed E-state index contributed by atoms with van der Waals surface area (Å²) in [6.07, 6.45) is 2.80. The number of nitrogens with zero attached hydrogens (tertiary/aromatic N) is 3. The first-order valence-corrected chi connectivity index (χ1v) is 12.9. The summed E-state index contributed by atoms with van der Waals surface area (Å²) in [6.45, 7) is 5.50. The molecule has 1 aliphatic heterocycles. The number of methoxy groups -OCH3 is 1. The highest BCUT2D eigenvalue weighted by atomic mass is 35.5. The van der Waals surface area contributed by atoms with E-state index in [0.717, 1.165) is 49.5 Å². The number of carbonyl (C=O) groups is 2. The van der Waals surface area contributed by atoms with Crippen LogP contribution < -0.4 is 15.5 Å². The van der Waals surface area contributed by atoms with E-state index in [1.165, 1.54) is 0 Å². The van der Waals surface area contributed by atoms with Gasteiger partial charge in [0, 0.05) is 80.7 Å². The highest BCUT2D eigenvalue weighted by Crippen LogP contribution is 2.26. The van der Waals surface area contributed by atoms with Crippen molar-refractivity contribution in [2.45, 2.75) is 13.2 Å². The van der Waals surface area contributed by atoms with Gasteiger partial charge in [-0.3, -0.25) is 14.7 Å². The van der Waals surface area contributed by atoms with Gasteiger partial charge < -0.3 is 25.0 Å². The molecule has 1 aromatic heterocycles. The Morgan fingerprint density at radius 1 is 1.03 bits per heavy atom. The number of carbonyl (C=O) groups excluding carboxylic acids is 2. The lowest BCUT2D eigenvalue weighted by molar-refractivity contribution is 0.102. The minimum Gasteiger partial charge on any atom is -0.445 e. The number of ether oxygens (including phenoxy) is 2. The molecule has 0 bridgehead atoms. The second-order valence-corrected chi connectivity index (χ2v) is 9.36. The summed E-state index contributed by atoms with van der Waals surface area (Å²) < 4.78 is 10.4. The van der Waals surface area contributed by atoms with Crippen molar-refractivity contribution in [1.29, 1.82) is 0 Å². The minimum atomic E-state index is -0.515. The van der Waals surface area contributed by atoms with Crippen LogP contribution in [0.3, 0.4) is 0 Å². The maximum atomic E-state index is 13.2. The number of pyridine rings is 1. The van der Waals surface area contributed by atoms with Crippen LogP contribution in [-0.4, -0.2) is 68.3 Å². The molecule has 2 aromatic carbocycles. The fourth-order valence-electron chi connectivity index (χ4n) is 4.16. The quantitative estimate of drug-likeness (QED) is 0.400. The van der Waals surface area contributed by atoms with Crippen LogP contribution >= 0.6 is 11.6 Å². The highest BCUT2D eigenvalue weighted by molar-refractivity contribution is 6.31. The number of nitrogens with one attached hydrogen (secondary N) is 2. The van der Waals surface area contributed by atoms with Crippen LogP contribution in [0.1, 0.15) is 21.5 Å². The van der Waals surface area contributed by atoms with E-state index in [0.29, 0.717) is 29.4 Å². The Hall–Kier alpha value is -3.66. The number of benzene rings is 2. The minimum absolute atomic E-state index is 0.152. The highest BCUT2D eigenvalue weighted by Gasteiger charge is 2.22. The smallest absolute Gasteiger partial charge is 0.407 e. The molecular weight excluding hydrogens is 506 g/mol. The Labute approximate surface area is 227 Å². The van der Waals surface area contributed by atoms with Crippen molar-refractivity contribution in [2.24, 2.45) is 0 Å². The van der Waals surface area contributed by atoms with Gasteiger partial charge in [0.25, 0.3) is 5.91 Å². The average Bonchev–Trinajstić information content (AvgIpc) is 2.95. The molecule has 200 valence electrons. The maximum Gasteiger partial charge on any atom is 0.407 e. The number of aromatic nitrogens is 1. The summed E-state index contributed by atoms with van der Waals surface area (Å²) in [6, 6.07) is 16.3. The van der Waals surface area contributed by atoms with Crippen molar-refractivity contribution < 1.29 is 19.1 Å². The van der Waals surface area contributed by atoms with Gasteiger partial charge in [-0.2, -0.15) is 0 Å². The molecule has 0 spiro atoms. The lowest BCUT2D eigenvalue weighted by Crippen LogP contribution is -2.47. The van der Waals surface area contributed by atoms with Gasteiger partial charge in [-0.15, -0.1) is 0 Å². The standard InChI is InChI=1S/C28H32ClN5O4/c1-37-16-15-33-11-13-34(14-12-33)26-9-6-23(29)17-25(26)27(35)32-24-7-4-21(5-8-24)19-31-28(36)38-20-22-3-2-10-30-18-22/h2-10,17-18H,11-16,19-20H2,1H3,(H,31,36)(H,32,35). The molecule has 2 amide bonds. The van der Waals surface area contributed by atoms with E-state index in [9.17, 15) is 9.59 Å². The fourth-order valence-corrected chi connectivity index (χ4v) is 4.33. The number of alkyl carbamates (subject to hydrolysis) is 1. The molecule has 3 aromatic rings. The molecule has 1 fully saturated rings. The molecule has 2 N–H and O–H groups in total. The first-order valence-electron chi connectivity index (χ1n) is 12.5. The topological polar surface area (TPSA) is 96.0 Å². The third kappa shape index (κ3) is 7.92. The maximum absolute atomic E-state index is 13.2. The van der Waals surface area contributed by atoms with E-state index < -0.39 is 6.09 Å². The SMILES string of the molecule is COCCN1CCN(c2ccc(Cl)cc2C(=O)Nc2ccc(CNC(=O)OCc3cccnc3)cc2)CC1. The molecule has 4 rings (SSSR count). The molecule has 1 aliphatic rings. The van der Waals surface area contributed by atoms with Crippen molar-refractivity contribution in [3.05, 3.63) is 88.7 Å². The van der Waals surface area contributed by atoms with Gasteiger partial charge in [0.2, 0.25) is 0 Å². The van der Waals surface area contributed by atoms with Crippen LogP contribution in [0, 0.1) is 0 Å². The normalized spacial score (nSPS) is 13.7. The van der Waals surface area contributed by atoms with Gasteiger partial charge in [0.1, 0.15) is 6.61 Å². The molecule has 2 heterocycles. The van der Waals surface area contributed by atoms with E-state index in [4.69, 9.17) is 21.1 Å². The molecule has 0 saturated carbocycles. The molecule has 0 unspecified atom stereocenters. The summed E-state index contributed by atoms with van der Waals surface area (Å²) in [5.74, 6) is -0.228. The Kier molecular flexibility index (Phi) is 9.91. The van der Waals surface area contributed by atoms with Gasteiger partial charge in [-0.25, -0.2) is 4.79 Å². The zero-order chi connectivity index (χ0) is 26.7. The number of piperazine rings is 1. The lowest BCUT2D eigenvalue weighted by Gasteiger charge is -2.36. The van der Waals surface area contributed by atoms with E-state index in [1.54, 1.807) is 43.8 Å².